The average molecular weight is 424 g/mol. The van der Waals surface area contributed by atoms with E-state index >= 15 is 0 Å². The van der Waals surface area contributed by atoms with Gasteiger partial charge in [0.15, 0.2) is 6.29 Å². The van der Waals surface area contributed by atoms with Crippen LogP contribution < -0.4 is 16.5 Å². The predicted molar refractivity (Wildman–Crippen MR) is 116 cm³/mol. The summed E-state index contributed by atoms with van der Waals surface area (Å²) in [7, 11) is -1.76. The highest BCUT2D eigenvalue weighted by Gasteiger charge is 2.24. The Balaban J connectivity index is 1.70. The maximum Gasteiger partial charge on any atom is 0.490 e. The smallest absolute Gasteiger partial charge is 0.423 e. The predicted octanol–water partition coefficient (Wildman–Crippen LogP) is 0.664. The minimum atomic E-state index is -1.76. The first-order valence-corrected chi connectivity index (χ1v) is 9.95. The molecule has 1 aliphatic heterocycles. The van der Waals surface area contributed by atoms with Gasteiger partial charge >= 0.3 is 7.12 Å². The third-order valence-electron chi connectivity index (χ3n) is 4.56. The summed E-state index contributed by atoms with van der Waals surface area (Å²) in [4.78, 5) is 20.6. The van der Waals surface area contributed by atoms with Crippen molar-refractivity contribution < 1.29 is 24.3 Å². The van der Waals surface area contributed by atoms with Gasteiger partial charge in [-0.15, -0.1) is 0 Å². The third kappa shape index (κ3) is 6.51. The fraction of sp³-hybridized carbons (Fsp3) is 0.381. The number of nitrogens with two attached hydrogens (primary N) is 1. The maximum absolute atomic E-state index is 12.6. The molecule has 1 aliphatic rings. The van der Waals surface area contributed by atoms with E-state index in [2.05, 4.69) is 27.1 Å². The lowest BCUT2D eigenvalue weighted by atomic mass is 9.81. The van der Waals surface area contributed by atoms with Gasteiger partial charge in [0.05, 0.1) is 5.56 Å². The fourth-order valence-electron chi connectivity index (χ4n) is 2.97. The molecular weight excluding hydrogens is 399 g/mol. The summed E-state index contributed by atoms with van der Waals surface area (Å²) in [5.41, 5.74) is 6.01. The van der Waals surface area contributed by atoms with E-state index in [0.29, 0.717) is 18.0 Å². The van der Waals surface area contributed by atoms with Crippen LogP contribution in [0.3, 0.4) is 0 Å². The van der Waals surface area contributed by atoms with Gasteiger partial charge in [0.1, 0.15) is 17.1 Å². The molecule has 1 unspecified atom stereocenters. The van der Waals surface area contributed by atoms with Crippen LogP contribution in [-0.2, 0) is 9.47 Å². The number of hydrogen-bond acceptors (Lipinski definition) is 8. The largest absolute Gasteiger partial charge is 0.490 e. The van der Waals surface area contributed by atoms with Crippen molar-refractivity contribution in [1.82, 2.24) is 9.97 Å². The molecule has 3 heterocycles. The van der Waals surface area contributed by atoms with Gasteiger partial charge in [-0.05, 0) is 57.2 Å². The number of hydrogen-bond donors (Lipinski definition) is 4. The first-order chi connectivity index (χ1) is 14.7. The van der Waals surface area contributed by atoms with E-state index < -0.39 is 18.6 Å². The minimum absolute atomic E-state index is 0.0251. The van der Waals surface area contributed by atoms with Crippen LogP contribution in [0.4, 0.5) is 11.5 Å². The summed E-state index contributed by atoms with van der Waals surface area (Å²) in [6, 6.07) is 4.50. The van der Waals surface area contributed by atoms with Crippen LogP contribution in [0.5, 0.6) is 0 Å². The molecule has 0 radical (unpaired) electrons. The molecule has 3 rings (SSSR count). The zero-order chi connectivity index (χ0) is 22.4. The standard InChI is InChI=1S/C21H25BN4O5/c1-21(2,31-18-5-3-4-10-30-18)8-6-15-12-16(7-9-24-15)26-20(27)17-11-14(22(28)29)13-25-19(17)23/h7,9,11-13,18,28-29H,3-5,10H2,1-2H3,(H2,23,25)(H,24,26,27). The number of nitrogen functional groups attached to an aromatic ring is 1. The van der Waals surface area contributed by atoms with E-state index in [4.69, 9.17) is 15.2 Å². The fourth-order valence-corrected chi connectivity index (χ4v) is 2.97. The number of carbonyl (C=O) groups excluding carboxylic acids is 1. The van der Waals surface area contributed by atoms with Crippen molar-refractivity contribution in [2.75, 3.05) is 17.7 Å². The third-order valence-corrected chi connectivity index (χ3v) is 4.56. The lowest BCUT2D eigenvalue weighted by Gasteiger charge is -2.29. The number of amides is 1. The number of nitrogens with one attached hydrogen (secondary N) is 1. The minimum Gasteiger partial charge on any atom is -0.423 e. The number of nitrogens with zero attached hydrogens (tertiary/aromatic N) is 2. The Morgan fingerprint density at radius 1 is 1.35 bits per heavy atom. The van der Waals surface area contributed by atoms with Crippen LogP contribution in [0.25, 0.3) is 0 Å². The van der Waals surface area contributed by atoms with Crippen molar-refractivity contribution in [3.05, 3.63) is 41.9 Å². The van der Waals surface area contributed by atoms with Gasteiger partial charge in [0.2, 0.25) is 0 Å². The van der Waals surface area contributed by atoms with Crippen LogP contribution in [0.1, 0.15) is 49.2 Å². The number of pyridine rings is 2. The van der Waals surface area contributed by atoms with Crippen molar-refractivity contribution in [3.8, 4) is 11.8 Å². The summed E-state index contributed by atoms with van der Waals surface area (Å²) < 4.78 is 11.5. The summed E-state index contributed by atoms with van der Waals surface area (Å²) in [6.45, 7) is 4.42. The molecule has 2 aromatic rings. The Bertz CT molecular complexity index is 997. The second-order valence-corrected chi connectivity index (χ2v) is 7.63. The number of aromatic nitrogens is 2. The van der Waals surface area contributed by atoms with Gasteiger partial charge in [0, 0.05) is 30.2 Å². The molecular formula is C21H25BN4O5. The summed E-state index contributed by atoms with van der Waals surface area (Å²) in [5, 5.41) is 21.2. The highest BCUT2D eigenvalue weighted by molar-refractivity contribution is 6.58. The van der Waals surface area contributed by atoms with Crippen LogP contribution in [-0.4, -0.2) is 51.5 Å². The lowest BCUT2D eigenvalue weighted by Crippen LogP contribution is -2.33. The van der Waals surface area contributed by atoms with Crippen molar-refractivity contribution >= 4 is 30.0 Å². The van der Waals surface area contributed by atoms with Gasteiger partial charge in [0.25, 0.3) is 5.91 Å². The van der Waals surface area contributed by atoms with Crippen LogP contribution >= 0.6 is 0 Å². The number of carbonyl (C=O) groups is 1. The first kappa shape index (κ1) is 22.7. The van der Waals surface area contributed by atoms with Crippen molar-refractivity contribution in [1.29, 1.82) is 0 Å². The normalized spacial score (nSPS) is 16.2. The highest BCUT2D eigenvalue weighted by Crippen LogP contribution is 2.20. The maximum atomic E-state index is 12.6. The molecule has 2 aromatic heterocycles. The SMILES string of the molecule is CC(C)(C#Cc1cc(NC(=O)c2cc(B(O)O)cnc2N)ccn1)OC1CCCCO1. The number of rotatable bonds is 5. The monoisotopic (exact) mass is 424 g/mol. The lowest BCUT2D eigenvalue weighted by molar-refractivity contribution is -0.199. The summed E-state index contributed by atoms with van der Waals surface area (Å²) in [5.74, 6) is 5.44. The Labute approximate surface area is 181 Å². The topological polar surface area (TPSA) is 140 Å². The molecule has 1 saturated heterocycles. The Morgan fingerprint density at radius 3 is 2.87 bits per heavy atom. The molecule has 0 spiro atoms. The second-order valence-electron chi connectivity index (χ2n) is 7.63. The van der Waals surface area contributed by atoms with Gasteiger partial charge in [-0.3, -0.25) is 4.79 Å². The van der Waals surface area contributed by atoms with Gasteiger partial charge in [-0.2, -0.15) is 0 Å². The zero-order valence-electron chi connectivity index (χ0n) is 17.5. The first-order valence-electron chi connectivity index (χ1n) is 9.95. The van der Waals surface area contributed by atoms with Gasteiger partial charge in [-0.25, -0.2) is 9.97 Å². The molecule has 0 saturated carbocycles. The van der Waals surface area contributed by atoms with Crippen LogP contribution in [0.15, 0.2) is 30.6 Å². The van der Waals surface area contributed by atoms with Gasteiger partial charge in [-0.1, -0.05) is 5.92 Å². The van der Waals surface area contributed by atoms with E-state index in [1.165, 1.54) is 18.5 Å². The number of ether oxygens (including phenoxy) is 2. The summed E-state index contributed by atoms with van der Waals surface area (Å²) in [6.07, 6.45) is 5.41. The Morgan fingerprint density at radius 2 is 2.16 bits per heavy atom. The molecule has 1 amide bonds. The summed E-state index contributed by atoms with van der Waals surface area (Å²) >= 11 is 0. The average Bonchev–Trinajstić information content (AvgIpc) is 2.73. The Kier molecular flexibility index (Phi) is 7.25. The van der Waals surface area contributed by atoms with E-state index in [0.717, 1.165) is 19.3 Å². The molecule has 162 valence electrons. The molecule has 0 bridgehead atoms. The molecule has 9 nitrogen and oxygen atoms in total. The molecule has 1 atom stereocenters. The van der Waals surface area contributed by atoms with Crippen LogP contribution in [0, 0.1) is 11.8 Å². The van der Waals surface area contributed by atoms with E-state index in [9.17, 15) is 14.8 Å². The van der Waals surface area contributed by atoms with E-state index in [-0.39, 0.29) is 23.1 Å². The van der Waals surface area contributed by atoms with E-state index in [1.54, 1.807) is 12.1 Å². The molecule has 5 N–H and O–H groups in total. The highest BCUT2D eigenvalue weighted by atomic mass is 16.7. The van der Waals surface area contributed by atoms with E-state index in [1.807, 2.05) is 13.8 Å². The Hall–Kier alpha value is -2.97. The van der Waals surface area contributed by atoms with Gasteiger partial charge < -0.3 is 30.6 Å². The molecule has 10 heteroatoms. The number of anilines is 2. The van der Waals surface area contributed by atoms with Crippen molar-refractivity contribution in [3.63, 3.8) is 0 Å². The zero-order valence-corrected chi connectivity index (χ0v) is 17.5. The van der Waals surface area contributed by atoms with Crippen molar-refractivity contribution in [2.24, 2.45) is 0 Å². The molecule has 31 heavy (non-hydrogen) atoms. The molecule has 1 fully saturated rings. The molecule has 0 aliphatic carbocycles. The molecule has 0 aromatic carbocycles. The quantitative estimate of drug-likeness (QED) is 0.406. The van der Waals surface area contributed by atoms with Crippen molar-refractivity contribution in [2.45, 2.75) is 45.0 Å². The second kappa shape index (κ2) is 9.89. The van der Waals surface area contributed by atoms with Crippen LogP contribution in [0.2, 0.25) is 0 Å².